The minimum atomic E-state index is -0.478. The van der Waals surface area contributed by atoms with E-state index in [9.17, 15) is 13.6 Å². The molecule has 4 aromatic rings. The lowest BCUT2D eigenvalue weighted by Gasteiger charge is -2.04. The van der Waals surface area contributed by atoms with E-state index in [0.29, 0.717) is 5.65 Å². The first-order chi connectivity index (χ1) is 13.5. The Morgan fingerprint density at radius 2 is 1.75 bits per heavy atom. The first-order valence-electron chi connectivity index (χ1n) is 8.46. The number of rotatable bonds is 4. The van der Waals surface area contributed by atoms with E-state index < -0.39 is 5.82 Å². The molecule has 4 rings (SSSR count). The van der Waals surface area contributed by atoms with Crippen LogP contribution in [0, 0.1) is 11.6 Å². The number of carbonyl (C=O) groups is 1. The van der Waals surface area contributed by atoms with Crippen LogP contribution in [0.25, 0.3) is 16.8 Å². The van der Waals surface area contributed by atoms with Crippen LogP contribution in [0.5, 0.6) is 0 Å². The molecule has 28 heavy (non-hydrogen) atoms. The number of imidazole rings is 1. The molecule has 0 radical (unpaired) electrons. The van der Waals surface area contributed by atoms with Gasteiger partial charge in [-0.25, -0.2) is 13.8 Å². The van der Waals surface area contributed by atoms with Crippen LogP contribution in [0.4, 0.5) is 8.78 Å². The van der Waals surface area contributed by atoms with Gasteiger partial charge in [-0.15, -0.1) is 0 Å². The molecule has 0 spiro atoms. The summed E-state index contributed by atoms with van der Waals surface area (Å²) in [6, 6.07) is 14.0. The Kier molecular flexibility index (Phi) is 4.79. The molecule has 0 saturated carbocycles. The first kappa shape index (κ1) is 18.1. The SMILES string of the molecule is O=C(NCc1ccc(F)cc1)c1cn2cc(-c3ccc(F)c(Cl)c3)ccc2n1. The highest BCUT2D eigenvalue weighted by Gasteiger charge is 2.12. The van der Waals surface area contributed by atoms with E-state index in [0.717, 1.165) is 16.7 Å². The number of nitrogens with one attached hydrogen (secondary N) is 1. The van der Waals surface area contributed by atoms with E-state index in [-0.39, 0.29) is 29.0 Å². The van der Waals surface area contributed by atoms with E-state index in [1.807, 2.05) is 6.07 Å². The number of amides is 1. The van der Waals surface area contributed by atoms with E-state index in [2.05, 4.69) is 10.3 Å². The van der Waals surface area contributed by atoms with Gasteiger partial charge in [-0.05, 0) is 53.1 Å². The van der Waals surface area contributed by atoms with Gasteiger partial charge in [0.25, 0.3) is 5.91 Å². The van der Waals surface area contributed by atoms with Crippen molar-refractivity contribution < 1.29 is 13.6 Å². The molecule has 0 atom stereocenters. The molecule has 0 aliphatic carbocycles. The Bertz CT molecular complexity index is 1170. The second-order valence-corrected chi connectivity index (χ2v) is 6.65. The van der Waals surface area contributed by atoms with Gasteiger partial charge in [-0.1, -0.05) is 29.8 Å². The normalized spacial score (nSPS) is 11.0. The molecular weight excluding hydrogens is 384 g/mol. The number of nitrogens with zero attached hydrogens (tertiary/aromatic N) is 2. The largest absolute Gasteiger partial charge is 0.347 e. The quantitative estimate of drug-likeness (QED) is 0.534. The summed E-state index contributed by atoms with van der Waals surface area (Å²) in [5.74, 6) is -1.14. The van der Waals surface area contributed by atoms with Crippen molar-refractivity contribution in [2.75, 3.05) is 0 Å². The molecule has 0 fully saturated rings. The fraction of sp³-hybridized carbons (Fsp3) is 0.0476. The maximum absolute atomic E-state index is 13.4. The summed E-state index contributed by atoms with van der Waals surface area (Å²) in [5, 5.41) is 2.80. The average Bonchev–Trinajstić information content (AvgIpc) is 3.13. The highest BCUT2D eigenvalue weighted by molar-refractivity contribution is 6.31. The predicted molar refractivity (Wildman–Crippen MR) is 103 cm³/mol. The Labute approximate surface area is 164 Å². The van der Waals surface area contributed by atoms with Crippen molar-refractivity contribution in [2.24, 2.45) is 0 Å². The molecule has 0 aliphatic rings. The fourth-order valence-electron chi connectivity index (χ4n) is 2.82. The zero-order valence-electron chi connectivity index (χ0n) is 14.5. The van der Waals surface area contributed by atoms with E-state index >= 15 is 0 Å². The van der Waals surface area contributed by atoms with Crippen LogP contribution in [-0.2, 0) is 6.54 Å². The zero-order chi connectivity index (χ0) is 19.7. The van der Waals surface area contributed by atoms with Crippen LogP contribution in [0.2, 0.25) is 5.02 Å². The van der Waals surface area contributed by atoms with Crippen molar-refractivity contribution in [3.8, 4) is 11.1 Å². The lowest BCUT2D eigenvalue weighted by atomic mass is 10.1. The Hall–Kier alpha value is -3.25. The minimum Gasteiger partial charge on any atom is -0.347 e. The molecule has 1 N–H and O–H groups in total. The van der Waals surface area contributed by atoms with Crippen LogP contribution < -0.4 is 5.32 Å². The van der Waals surface area contributed by atoms with Crippen LogP contribution in [0.15, 0.2) is 67.0 Å². The fourth-order valence-corrected chi connectivity index (χ4v) is 3.00. The maximum Gasteiger partial charge on any atom is 0.271 e. The molecule has 2 aromatic carbocycles. The Morgan fingerprint density at radius 3 is 2.50 bits per heavy atom. The van der Waals surface area contributed by atoms with Crippen LogP contribution in [0.3, 0.4) is 0 Å². The van der Waals surface area contributed by atoms with Crippen molar-refractivity contribution in [1.29, 1.82) is 0 Å². The third-order valence-corrected chi connectivity index (χ3v) is 4.59. The Balaban J connectivity index is 1.54. The molecule has 7 heteroatoms. The second-order valence-electron chi connectivity index (χ2n) is 6.25. The van der Waals surface area contributed by atoms with Gasteiger partial charge in [-0.2, -0.15) is 0 Å². The van der Waals surface area contributed by atoms with Crippen molar-refractivity contribution in [3.63, 3.8) is 0 Å². The van der Waals surface area contributed by atoms with Crippen LogP contribution >= 0.6 is 11.6 Å². The number of halogens is 3. The molecule has 4 nitrogen and oxygen atoms in total. The van der Waals surface area contributed by atoms with Gasteiger partial charge < -0.3 is 9.72 Å². The summed E-state index contributed by atoms with van der Waals surface area (Å²) in [6.07, 6.45) is 3.41. The molecule has 0 saturated heterocycles. The number of hydrogen-bond donors (Lipinski definition) is 1. The smallest absolute Gasteiger partial charge is 0.271 e. The van der Waals surface area contributed by atoms with Gasteiger partial charge in [0.05, 0.1) is 5.02 Å². The van der Waals surface area contributed by atoms with Crippen LogP contribution in [0.1, 0.15) is 16.1 Å². The number of carbonyl (C=O) groups excluding carboxylic acids is 1. The average molecular weight is 398 g/mol. The molecule has 2 aromatic heterocycles. The third kappa shape index (κ3) is 3.73. The van der Waals surface area contributed by atoms with Crippen molar-refractivity contribution in [3.05, 3.63) is 94.9 Å². The molecule has 2 heterocycles. The number of hydrogen-bond acceptors (Lipinski definition) is 2. The third-order valence-electron chi connectivity index (χ3n) is 4.30. The number of fused-ring (bicyclic) bond motifs is 1. The second kappa shape index (κ2) is 7.40. The molecule has 140 valence electrons. The van der Waals surface area contributed by atoms with Gasteiger partial charge >= 0.3 is 0 Å². The monoisotopic (exact) mass is 397 g/mol. The van der Waals surface area contributed by atoms with Crippen molar-refractivity contribution >= 4 is 23.2 Å². The summed E-state index contributed by atoms with van der Waals surface area (Å²) in [7, 11) is 0. The summed E-state index contributed by atoms with van der Waals surface area (Å²) >= 11 is 5.85. The van der Waals surface area contributed by atoms with Gasteiger partial charge in [-0.3, -0.25) is 4.79 Å². The van der Waals surface area contributed by atoms with Crippen molar-refractivity contribution in [1.82, 2.24) is 14.7 Å². The summed E-state index contributed by atoms with van der Waals surface area (Å²) in [4.78, 5) is 16.7. The van der Waals surface area contributed by atoms with E-state index in [1.165, 1.54) is 18.2 Å². The molecule has 0 aliphatic heterocycles. The van der Waals surface area contributed by atoms with Gasteiger partial charge in [0.2, 0.25) is 0 Å². The predicted octanol–water partition coefficient (Wildman–Crippen LogP) is 4.86. The summed E-state index contributed by atoms with van der Waals surface area (Å²) < 4.78 is 28.0. The highest BCUT2D eigenvalue weighted by Crippen LogP contribution is 2.25. The summed E-state index contributed by atoms with van der Waals surface area (Å²) in [5.41, 5.74) is 3.21. The van der Waals surface area contributed by atoms with Crippen LogP contribution in [-0.4, -0.2) is 15.3 Å². The number of aromatic nitrogens is 2. The van der Waals surface area contributed by atoms with E-state index in [4.69, 9.17) is 11.6 Å². The summed E-state index contributed by atoms with van der Waals surface area (Å²) in [6.45, 7) is 0.270. The first-order valence-corrected chi connectivity index (χ1v) is 8.84. The Morgan fingerprint density at radius 1 is 1.00 bits per heavy atom. The molecule has 1 amide bonds. The molecule has 0 bridgehead atoms. The van der Waals surface area contributed by atoms with E-state index in [1.54, 1.807) is 47.1 Å². The lowest BCUT2D eigenvalue weighted by molar-refractivity contribution is 0.0946. The lowest BCUT2D eigenvalue weighted by Crippen LogP contribution is -2.23. The maximum atomic E-state index is 13.4. The van der Waals surface area contributed by atoms with Crippen molar-refractivity contribution in [2.45, 2.75) is 6.54 Å². The van der Waals surface area contributed by atoms with Gasteiger partial charge in [0.1, 0.15) is 23.0 Å². The number of pyridine rings is 1. The topological polar surface area (TPSA) is 46.4 Å². The molecule has 0 unspecified atom stereocenters. The zero-order valence-corrected chi connectivity index (χ0v) is 15.3. The standard InChI is InChI=1S/C21H14ClF2N3O/c22-17-9-14(3-7-18(17)24)15-4-8-20-26-19(12-27(20)11-15)21(28)25-10-13-1-5-16(23)6-2-13/h1-9,11-12H,10H2,(H,25,28). The highest BCUT2D eigenvalue weighted by atomic mass is 35.5. The minimum absolute atomic E-state index is 0.0455. The van der Waals surface area contributed by atoms with Gasteiger partial charge in [0.15, 0.2) is 0 Å². The van der Waals surface area contributed by atoms with Gasteiger partial charge in [0, 0.05) is 18.9 Å². The molecular formula is C21H14ClF2N3O. The number of benzene rings is 2.